The van der Waals surface area contributed by atoms with Crippen molar-refractivity contribution in [3.05, 3.63) is 106 Å². The van der Waals surface area contributed by atoms with Crippen molar-refractivity contribution in [2.75, 3.05) is 13.1 Å². The van der Waals surface area contributed by atoms with Crippen molar-refractivity contribution < 1.29 is 29.6 Å². The molecule has 0 aromatic heterocycles. The number of nitrogens with zero attached hydrogens (tertiary/aromatic N) is 2. The van der Waals surface area contributed by atoms with Crippen molar-refractivity contribution in [3.63, 3.8) is 0 Å². The Bertz CT molecular complexity index is 1810. The van der Waals surface area contributed by atoms with Gasteiger partial charge in [-0.3, -0.25) is 14.6 Å². The molecule has 0 amide bonds. The number of piperidine rings is 2. The van der Waals surface area contributed by atoms with Crippen molar-refractivity contribution >= 4 is 5.97 Å². The van der Waals surface area contributed by atoms with Gasteiger partial charge in [0.25, 0.3) is 0 Å². The zero-order valence-electron chi connectivity index (χ0n) is 29.5. The number of hydrogen-bond acceptors (Lipinski definition) is 7. The molecule has 0 radical (unpaired) electrons. The average molecular weight is 679 g/mol. The number of rotatable bonds is 12. The summed E-state index contributed by atoms with van der Waals surface area (Å²) in [6.07, 6.45) is 6.29. The van der Waals surface area contributed by atoms with Gasteiger partial charge in [0.1, 0.15) is 19.3 Å². The third-order valence-electron chi connectivity index (χ3n) is 10.6. The molecule has 2 saturated heterocycles. The lowest BCUT2D eigenvalue weighted by molar-refractivity contribution is -0.144. The van der Waals surface area contributed by atoms with Gasteiger partial charge in [0.15, 0.2) is 23.0 Å². The van der Waals surface area contributed by atoms with E-state index < -0.39 is 12.0 Å². The lowest BCUT2D eigenvalue weighted by Gasteiger charge is -2.33. The molecule has 4 aromatic carbocycles. The van der Waals surface area contributed by atoms with E-state index in [1.165, 1.54) is 19.3 Å². The largest absolute Gasteiger partial charge is 0.504 e. The van der Waals surface area contributed by atoms with Crippen LogP contribution in [0.1, 0.15) is 78.8 Å². The molecule has 0 bridgehead atoms. The summed E-state index contributed by atoms with van der Waals surface area (Å²) < 4.78 is 12.2. The quantitative estimate of drug-likeness (QED) is 0.137. The van der Waals surface area contributed by atoms with E-state index in [1.54, 1.807) is 12.1 Å². The third-order valence-corrected chi connectivity index (χ3v) is 10.6. The monoisotopic (exact) mass is 678 g/mol. The first-order valence-corrected chi connectivity index (χ1v) is 18.0. The Hall–Kier alpha value is -4.53. The van der Waals surface area contributed by atoms with Crippen LogP contribution in [0.15, 0.2) is 72.8 Å². The smallest absolute Gasteiger partial charge is 0.320 e. The number of phenolic OH excluding ortho intramolecular Hbond substituents is 2. The number of hydrogen-bond donors (Lipinski definition) is 3. The fraction of sp³-hybridized carbons (Fsp3) is 0.405. The highest BCUT2D eigenvalue weighted by Crippen LogP contribution is 2.34. The third kappa shape index (κ3) is 8.25. The van der Waals surface area contributed by atoms with E-state index in [0.29, 0.717) is 37.1 Å². The number of aromatic hydroxyl groups is 2. The first-order chi connectivity index (χ1) is 24.2. The van der Waals surface area contributed by atoms with Crippen molar-refractivity contribution in [3.8, 4) is 34.1 Å². The molecule has 0 unspecified atom stereocenters. The number of aliphatic carboxylic acids is 1. The topological polar surface area (TPSA) is 103 Å². The lowest BCUT2D eigenvalue weighted by Crippen LogP contribution is -2.43. The molecule has 2 atom stereocenters. The molecular formula is C42H50N2O6. The molecule has 4 aromatic rings. The fourth-order valence-corrected chi connectivity index (χ4v) is 7.46. The van der Waals surface area contributed by atoms with Gasteiger partial charge >= 0.3 is 5.97 Å². The second kappa shape index (κ2) is 16.0. The van der Waals surface area contributed by atoms with E-state index in [2.05, 4.69) is 49.9 Å². The second-order valence-corrected chi connectivity index (χ2v) is 14.0. The first kappa shape index (κ1) is 35.3. The standard InChI is InChI=1S/C42H50N2O6/c1-28-10-4-6-20-43(28)24-31-16-18-40(38(45)22-31)49-26-33-11-8-13-35(29(33)2)36-14-9-12-34(30(36)3)27-50-41-19-17-32(23-39(41)46)25-44-21-7-5-15-37(44)42(47)48/h8-9,11-14,16-19,22-23,28,37,45-46H,4-7,10,15,20-21,24-27H2,1-3H3,(H,47,48)/t28-,37+/m1/s1. The lowest BCUT2D eigenvalue weighted by atomic mass is 9.92. The molecule has 2 fully saturated rings. The van der Waals surface area contributed by atoms with Gasteiger partial charge < -0.3 is 24.8 Å². The first-order valence-electron chi connectivity index (χ1n) is 18.0. The van der Waals surface area contributed by atoms with Gasteiger partial charge in [-0.2, -0.15) is 0 Å². The number of benzene rings is 4. The van der Waals surface area contributed by atoms with Crippen LogP contribution in [0.25, 0.3) is 11.1 Å². The van der Waals surface area contributed by atoms with Crippen molar-refractivity contribution in [2.24, 2.45) is 0 Å². The van der Waals surface area contributed by atoms with Crippen LogP contribution in [-0.2, 0) is 31.1 Å². The zero-order valence-corrected chi connectivity index (χ0v) is 29.5. The maximum absolute atomic E-state index is 11.7. The van der Waals surface area contributed by atoms with Crippen LogP contribution < -0.4 is 9.47 Å². The normalized spacial score (nSPS) is 18.5. The van der Waals surface area contributed by atoms with Crippen LogP contribution >= 0.6 is 0 Å². The Morgan fingerprint density at radius 3 is 1.70 bits per heavy atom. The SMILES string of the molecule is Cc1c(COc2ccc(CN3CCCC[C@H]3C)cc2O)cccc1-c1cccc(COc2ccc(CN3CCCC[C@H]3C(=O)O)cc2O)c1C. The van der Waals surface area contributed by atoms with Gasteiger partial charge in [0, 0.05) is 19.1 Å². The molecule has 6 rings (SSSR count). The molecule has 2 heterocycles. The summed E-state index contributed by atoms with van der Waals surface area (Å²) in [5.74, 6) is 0.285. The van der Waals surface area contributed by atoms with Crippen LogP contribution in [0.4, 0.5) is 0 Å². The van der Waals surface area contributed by atoms with E-state index in [9.17, 15) is 20.1 Å². The molecule has 0 aliphatic carbocycles. The Kier molecular flexibility index (Phi) is 11.3. The Labute approximate surface area is 295 Å². The number of carbonyl (C=O) groups is 1. The molecule has 2 aliphatic rings. The highest BCUT2D eigenvalue weighted by Gasteiger charge is 2.28. The molecule has 0 saturated carbocycles. The van der Waals surface area contributed by atoms with E-state index in [4.69, 9.17) is 9.47 Å². The van der Waals surface area contributed by atoms with Crippen LogP contribution in [-0.4, -0.2) is 56.3 Å². The van der Waals surface area contributed by atoms with Gasteiger partial charge in [-0.05, 0) is 128 Å². The van der Waals surface area contributed by atoms with Crippen molar-refractivity contribution in [1.82, 2.24) is 9.80 Å². The van der Waals surface area contributed by atoms with Crippen molar-refractivity contribution in [1.29, 1.82) is 0 Å². The van der Waals surface area contributed by atoms with Crippen LogP contribution in [0.2, 0.25) is 0 Å². The molecule has 3 N–H and O–H groups in total. The molecule has 0 spiro atoms. The zero-order chi connectivity index (χ0) is 35.2. The van der Waals surface area contributed by atoms with Crippen LogP contribution in [0, 0.1) is 13.8 Å². The van der Waals surface area contributed by atoms with Gasteiger partial charge in [-0.1, -0.05) is 61.4 Å². The Morgan fingerprint density at radius 1 is 0.700 bits per heavy atom. The minimum absolute atomic E-state index is 0.0426. The molecule has 264 valence electrons. The number of ether oxygens (including phenoxy) is 2. The summed E-state index contributed by atoms with van der Waals surface area (Å²) in [7, 11) is 0. The van der Waals surface area contributed by atoms with Gasteiger partial charge in [0.05, 0.1) is 0 Å². The predicted molar refractivity (Wildman–Crippen MR) is 196 cm³/mol. The number of carboxylic acid groups (broad SMARTS) is 1. The second-order valence-electron chi connectivity index (χ2n) is 14.0. The summed E-state index contributed by atoms with van der Waals surface area (Å²) in [6, 6.07) is 23.5. The van der Waals surface area contributed by atoms with Gasteiger partial charge in [-0.25, -0.2) is 0 Å². The highest BCUT2D eigenvalue weighted by molar-refractivity contribution is 5.74. The van der Waals surface area contributed by atoms with Gasteiger partial charge in [-0.15, -0.1) is 0 Å². The Balaban J connectivity index is 1.10. The summed E-state index contributed by atoms with van der Waals surface area (Å²) in [4.78, 5) is 16.2. The number of likely N-dealkylation sites (tertiary alicyclic amines) is 2. The van der Waals surface area contributed by atoms with E-state index >= 15 is 0 Å². The van der Waals surface area contributed by atoms with Crippen molar-refractivity contribution in [2.45, 2.75) is 97.7 Å². The number of carboxylic acids is 1. The van der Waals surface area contributed by atoms with E-state index in [-0.39, 0.29) is 18.1 Å². The molecule has 8 heteroatoms. The average Bonchev–Trinajstić information content (AvgIpc) is 3.10. The molecule has 50 heavy (non-hydrogen) atoms. The summed E-state index contributed by atoms with van der Waals surface area (Å²) in [6.45, 7) is 10.2. The van der Waals surface area contributed by atoms with Crippen LogP contribution in [0.3, 0.4) is 0 Å². The summed E-state index contributed by atoms with van der Waals surface area (Å²) >= 11 is 0. The maximum atomic E-state index is 11.7. The van der Waals surface area contributed by atoms with Crippen LogP contribution in [0.5, 0.6) is 23.0 Å². The maximum Gasteiger partial charge on any atom is 0.320 e. The minimum Gasteiger partial charge on any atom is -0.504 e. The predicted octanol–water partition coefficient (Wildman–Crippen LogP) is 8.35. The summed E-state index contributed by atoms with van der Waals surface area (Å²) in [5.41, 5.74) is 8.39. The van der Waals surface area contributed by atoms with E-state index in [0.717, 1.165) is 77.0 Å². The molecule has 2 aliphatic heterocycles. The number of phenols is 2. The van der Waals surface area contributed by atoms with E-state index in [1.807, 2.05) is 41.3 Å². The van der Waals surface area contributed by atoms with Gasteiger partial charge in [0.2, 0.25) is 0 Å². The minimum atomic E-state index is -0.791. The Morgan fingerprint density at radius 2 is 1.20 bits per heavy atom. The highest BCUT2D eigenvalue weighted by atomic mass is 16.5. The fourth-order valence-electron chi connectivity index (χ4n) is 7.46. The molecular weight excluding hydrogens is 628 g/mol. The molecule has 8 nitrogen and oxygen atoms in total. The summed E-state index contributed by atoms with van der Waals surface area (Å²) in [5, 5.41) is 31.2.